The molecule has 3 aliphatic rings. The second kappa shape index (κ2) is 10.4. The molecule has 0 amide bonds. The van der Waals surface area contributed by atoms with Crippen molar-refractivity contribution in [2.75, 3.05) is 0 Å². The Labute approximate surface area is 195 Å². The highest BCUT2D eigenvalue weighted by atomic mass is 19.1. The molecule has 3 fully saturated rings. The Kier molecular flexibility index (Phi) is 8.25. The summed E-state index contributed by atoms with van der Waals surface area (Å²) in [6.07, 6.45) is 16.2. The minimum absolute atomic E-state index is 0.175. The molecular weight excluding hydrogens is 399 g/mol. The van der Waals surface area contributed by atoms with Crippen LogP contribution < -0.4 is 0 Å². The molecule has 0 heterocycles. The number of allylic oxidation sites excluding steroid dienone is 5. The first kappa shape index (κ1) is 25.4. The van der Waals surface area contributed by atoms with E-state index in [1.165, 1.54) is 31.3 Å². The van der Waals surface area contributed by atoms with Gasteiger partial charge in [-0.25, -0.2) is 4.39 Å². The van der Waals surface area contributed by atoms with Crippen LogP contribution in [-0.4, -0.2) is 28.1 Å². The number of aliphatic hydroxyl groups is 2. The van der Waals surface area contributed by atoms with Gasteiger partial charge in [0.2, 0.25) is 0 Å². The topological polar surface area (TPSA) is 40.5 Å². The molecule has 0 aromatic carbocycles. The third kappa shape index (κ3) is 5.30. The SMILES string of the molecule is C=C1/C(=C\C=C2/CCCC3(C)C2CCC3C(C)/C=C/CC(O)(CC)CC)CC(O)CC1F. The first-order valence-electron chi connectivity index (χ1n) is 12.9. The summed E-state index contributed by atoms with van der Waals surface area (Å²) in [5.74, 6) is 1.74. The molecule has 6 atom stereocenters. The van der Waals surface area contributed by atoms with Gasteiger partial charge < -0.3 is 10.2 Å². The molecule has 0 aromatic rings. The van der Waals surface area contributed by atoms with Gasteiger partial charge in [-0.2, -0.15) is 0 Å². The largest absolute Gasteiger partial charge is 0.393 e. The summed E-state index contributed by atoms with van der Waals surface area (Å²) in [7, 11) is 0. The number of hydrogen-bond donors (Lipinski definition) is 2. The van der Waals surface area contributed by atoms with Gasteiger partial charge >= 0.3 is 0 Å². The Morgan fingerprint density at radius 2 is 1.97 bits per heavy atom. The molecule has 0 spiro atoms. The maximum atomic E-state index is 14.1. The highest BCUT2D eigenvalue weighted by molar-refractivity contribution is 5.38. The van der Waals surface area contributed by atoms with E-state index in [1.54, 1.807) is 0 Å². The van der Waals surface area contributed by atoms with E-state index in [0.29, 0.717) is 35.2 Å². The Morgan fingerprint density at radius 3 is 2.66 bits per heavy atom. The fourth-order valence-electron chi connectivity index (χ4n) is 6.75. The van der Waals surface area contributed by atoms with Gasteiger partial charge in [0.1, 0.15) is 6.17 Å². The zero-order chi connectivity index (χ0) is 23.5. The van der Waals surface area contributed by atoms with Crippen molar-refractivity contribution < 1.29 is 14.6 Å². The third-order valence-corrected chi connectivity index (χ3v) is 9.15. The van der Waals surface area contributed by atoms with E-state index < -0.39 is 17.9 Å². The van der Waals surface area contributed by atoms with Gasteiger partial charge in [-0.1, -0.05) is 64.2 Å². The summed E-state index contributed by atoms with van der Waals surface area (Å²) < 4.78 is 14.1. The molecule has 3 rings (SSSR count). The standard InChI is InChI=1S/C29H45FO2/c1-6-29(32,7-2)17-8-10-20(3)25-14-15-26-22(11-9-16-28(25,26)5)12-13-23-18-24(31)19-27(30)21(23)4/h8,10,12-13,20,24-27,31-32H,4,6-7,9,11,14-19H2,1-3,5H3/b10-8+,22-12+,23-13-. The van der Waals surface area contributed by atoms with Crippen molar-refractivity contribution in [2.24, 2.45) is 23.2 Å². The van der Waals surface area contributed by atoms with Crippen LogP contribution >= 0.6 is 0 Å². The minimum atomic E-state index is -1.12. The van der Waals surface area contributed by atoms with Gasteiger partial charge in [0.25, 0.3) is 0 Å². The van der Waals surface area contributed by atoms with Crippen molar-refractivity contribution in [3.63, 3.8) is 0 Å². The van der Waals surface area contributed by atoms with Crippen LogP contribution in [0.4, 0.5) is 4.39 Å². The number of aliphatic hydroxyl groups excluding tert-OH is 1. The lowest BCUT2D eigenvalue weighted by molar-refractivity contribution is 0.0351. The molecule has 0 saturated heterocycles. The molecule has 3 saturated carbocycles. The Morgan fingerprint density at radius 1 is 1.25 bits per heavy atom. The minimum Gasteiger partial charge on any atom is -0.393 e. The Hall–Kier alpha value is -1.19. The molecule has 2 nitrogen and oxygen atoms in total. The first-order valence-corrected chi connectivity index (χ1v) is 12.9. The summed E-state index contributed by atoms with van der Waals surface area (Å²) in [5.41, 5.74) is 2.65. The van der Waals surface area contributed by atoms with Crippen LogP contribution in [0, 0.1) is 23.2 Å². The maximum Gasteiger partial charge on any atom is 0.127 e. The third-order valence-electron chi connectivity index (χ3n) is 9.15. The van der Waals surface area contributed by atoms with E-state index in [-0.39, 0.29) is 6.42 Å². The molecule has 180 valence electrons. The molecule has 3 heteroatoms. The summed E-state index contributed by atoms with van der Waals surface area (Å²) >= 11 is 0. The molecule has 6 unspecified atom stereocenters. The molecule has 2 N–H and O–H groups in total. The van der Waals surface area contributed by atoms with Crippen molar-refractivity contribution in [1.29, 1.82) is 0 Å². The van der Waals surface area contributed by atoms with Crippen molar-refractivity contribution in [3.05, 3.63) is 47.6 Å². The molecule has 0 bridgehead atoms. The number of rotatable bonds is 7. The fraction of sp³-hybridized carbons (Fsp3) is 0.724. The van der Waals surface area contributed by atoms with Crippen molar-refractivity contribution >= 4 is 0 Å². The molecule has 0 aromatic heterocycles. The van der Waals surface area contributed by atoms with E-state index in [9.17, 15) is 14.6 Å². The van der Waals surface area contributed by atoms with Gasteiger partial charge in [-0.15, -0.1) is 0 Å². The second-order valence-corrected chi connectivity index (χ2v) is 11.0. The lowest BCUT2D eigenvalue weighted by Crippen LogP contribution is -2.35. The molecule has 0 aliphatic heterocycles. The van der Waals surface area contributed by atoms with Crippen LogP contribution in [0.2, 0.25) is 0 Å². The fourth-order valence-corrected chi connectivity index (χ4v) is 6.75. The van der Waals surface area contributed by atoms with Crippen molar-refractivity contribution in [1.82, 2.24) is 0 Å². The quantitative estimate of drug-likeness (QED) is 0.406. The van der Waals surface area contributed by atoms with Gasteiger partial charge in [0.05, 0.1) is 11.7 Å². The summed E-state index contributed by atoms with van der Waals surface area (Å²) in [4.78, 5) is 0. The van der Waals surface area contributed by atoms with Gasteiger partial charge in [-0.3, -0.25) is 0 Å². The number of halogens is 1. The zero-order valence-electron chi connectivity index (χ0n) is 20.7. The van der Waals surface area contributed by atoms with E-state index in [4.69, 9.17) is 0 Å². The first-order chi connectivity index (χ1) is 15.1. The average Bonchev–Trinajstić information content (AvgIpc) is 3.12. The van der Waals surface area contributed by atoms with E-state index >= 15 is 0 Å². The van der Waals surface area contributed by atoms with Crippen LogP contribution in [0.1, 0.15) is 91.9 Å². The van der Waals surface area contributed by atoms with Crippen molar-refractivity contribution in [2.45, 2.75) is 110 Å². The number of fused-ring (bicyclic) bond motifs is 1. The molecular formula is C29H45FO2. The molecule has 3 aliphatic carbocycles. The monoisotopic (exact) mass is 444 g/mol. The van der Waals surface area contributed by atoms with Crippen LogP contribution in [0.25, 0.3) is 0 Å². The number of alkyl halides is 1. The highest BCUT2D eigenvalue weighted by Gasteiger charge is 2.50. The normalized spacial score (nSPS) is 37.4. The van der Waals surface area contributed by atoms with E-state index in [0.717, 1.165) is 31.3 Å². The lowest BCUT2D eigenvalue weighted by atomic mass is 9.61. The van der Waals surface area contributed by atoms with Crippen LogP contribution in [0.15, 0.2) is 47.6 Å². The zero-order valence-corrected chi connectivity index (χ0v) is 20.7. The second-order valence-electron chi connectivity index (χ2n) is 11.0. The van der Waals surface area contributed by atoms with Crippen molar-refractivity contribution in [3.8, 4) is 0 Å². The van der Waals surface area contributed by atoms with E-state index in [1.807, 2.05) is 6.08 Å². The summed E-state index contributed by atoms with van der Waals surface area (Å²) in [6.45, 7) is 12.9. The lowest BCUT2D eigenvalue weighted by Gasteiger charge is -2.44. The average molecular weight is 445 g/mol. The van der Waals surface area contributed by atoms with Gasteiger partial charge in [0.15, 0.2) is 0 Å². The maximum absolute atomic E-state index is 14.1. The van der Waals surface area contributed by atoms with Crippen LogP contribution in [0.5, 0.6) is 0 Å². The Bertz CT molecular complexity index is 759. The predicted octanol–water partition coefficient (Wildman–Crippen LogP) is 7.24. The molecule has 32 heavy (non-hydrogen) atoms. The van der Waals surface area contributed by atoms with E-state index in [2.05, 4.69) is 52.5 Å². The highest BCUT2D eigenvalue weighted by Crippen LogP contribution is 2.59. The summed E-state index contributed by atoms with van der Waals surface area (Å²) in [5, 5.41) is 20.6. The molecule has 0 radical (unpaired) electrons. The predicted molar refractivity (Wildman–Crippen MR) is 132 cm³/mol. The van der Waals surface area contributed by atoms with Crippen LogP contribution in [0.3, 0.4) is 0 Å². The smallest absolute Gasteiger partial charge is 0.127 e. The van der Waals surface area contributed by atoms with Gasteiger partial charge in [0, 0.05) is 6.42 Å². The Balaban J connectivity index is 1.72. The summed E-state index contributed by atoms with van der Waals surface area (Å²) in [6, 6.07) is 0. The number of hydrogen-bond acceptors (Lipinski definition) is 2. The van der Waals surface area contributed by atoms with Gasteiger partial charge in [-0.05, 0) is 92.1 Å². The van der Waals surface area contributed by atoms with Crippen LogP contribution in [-0.2, 0) is 0 Å².